The smallest absolute Gasteiger partial charge is 0.267 e. The van der Waals surface area contributed by atoms with Crippen molar-refractivity contribution in [2.24, 2.45) is 0 Å². The van der Waals surface area contributed by atoms with Crippen molar-refractivity contribution in [3.63, 3.8) is 0 Å². The van der Waals surface area contributed by atoms with E-state index in [1.807, 2.05) is 30.3 Å². The maximum Gasteiger partial charge on any atom is 0.267 e. The molecule has 2 atom stereocenters. The third-order valence-electron chi connectivity index (χ3n) is 7.48. The van der Waals surface area contributed by atoms with Crippen molar-refractivity contribution < 1.29 is 19.5 Å². The molecule has 0 saturated carbocycles. The summed E-state index contributed by atoms with van der Waals surface area (Å²) >= 11 is 25.0. The van der Waals surface area contributed by atoms with Gasteiger partial charge in [0.2, 0.25) is 0 Å². The Labute approximate surface area is 246 Å². The Morgan fingerprint density at radius 3 is 1.95 bits per heavy atom. The van der Waals surface area contributed by atoms with E-state index in [4.69, 9.17) is 51.4 Å². The molecule has 10 heteroatoms. The molecular weight excluding hydrogens is 594 g/mol. The zero-order valence-electron chi connectivity index (χ0n) is 20.1. The molecule has 1 aliphatic carbocycles. The minimum Gasteiger partial charge on any atom is -0.387 e. The molecule has 0 bridgehead atoms. The number of aliphatic hydroxyl groups excluding tert-OH is 1. The molecule has 0 radical (unpaired) electrons. The predicted octanol–water partition coefficient (Wildman–Crippen LogP) is 7.82. The third kappa shape index (κ3) is 3.41. The van der Waals surface area contributed by atoms with Crippen molar-refractivity contribution in [1.82, 2.24) is 4.98 Å². The summed E-state index contributed by atoms with van der Waals surface area (Å²) < 4.78 is 0. The van der Waals surface area contributed by atoms with Crippen LogP contribution in [0.2, 0.25) is 20.1 Å². The highest BCUT2D eigenvalue weighted by molar-refractivity contribution is 6.56. The second-order valence-corrected chi connectivity index (χ2v) is 11.1. The highest BCUT2D eigenvalue weighted by atomic mass is 35.5. The van der Waals surface area contributed by atoms with Crippen LogP contribution in [0.5, 0.6) is 0 Å². The quantitative estimate of drug-likeness (QED) is 0.126. The number of carbonyl (C=O) groups excluding carboxylic acids is 3. The summed E-state index contributed by atoms with van der Waals surface area (Å²) in [5.41, 5.74) is 1.41. The molecular formula is C30H14Cl4N2O4. The topological polar surface area (TPSA) is 87.6 Å². The fraction of sp³-hybridized carbons (Fsp3) is 0.0667. The SMILES string of the molecule is O=C1c2cc3ccccc3cc2C(O)C1c1ccc2cccc(N3C(=O)c4c(Cl)c(Cl)c(Cl)c(Cl)c4C3=O)c2n1. The minimum absolute atomic E-state index is 0.130. The normalized spacial score (nSPS) is 18.2. The van der Waals surface area contributed by atoms with Crippen molar-refractivity contribution >= 4 is 91.4 Å². The second-order valence-electron chi connectivity index (χ2n) is 9.61. The van der Waals surface area contributed by atoms with E-state index in [2.05, 4.69) is 0 Å². The molecule has 1 N–H and O–H groups in total. The number of Topliss-reactive ketones (excluding diaryl/α,β-unsaturated/α-hetero) is 1. The van der Waals surface area contributed by atoms with Crippen LogP contribution in [-0.2, 0) is 0 Å². The van der Waals surface area contributed by atoms with E-state index in [1.165, 1.54) is 0 Å². The molecule has 2 unspecified atom stereocenters. The van der Waals surface area contributed by atoms with Crippen molar-refractivity contribution in [1.29, 1.82) is 0 Å². The maximum atomic E-state index is 13.5. The minimum atomic E-state index is -1.12. The number of fused-ring (bicyclic) bond motifs is 4. The Morgan fingerprint density at radius 2 is 1.30 bits per heavy atom. The van der Waals surface area contributed by atoms with Crippen molar-refractivity contribution in [2.75, 3.05) is 4.90 Å². The van der Waals surface area contributed by atoms with Gasteiger partial charge in [0, 0.05) is 10.9 Å². The van der Waals surface area contributed by atoms with Gasteiger partial charge in [-0.05, 0) is 40.6 Å². The number of carbonyl (C=O) groups is 3. The summed E-state index contributed by atoms with van der Waals surface area (Å²) in [6.07, 6.45) is -1.12. The van der Waals surface area contributed by atoms with Crippen molar-refractivity contribution in [3.05, 3.63) is 115 Å². The molecule has 0 saturated heterocycles. The van der Waals surface area contributed by atoms with E-state index in [1.54, 1.807) is 36.4 Å². The largest absolute Gasteiger partial charge is 0.387 e. The number of benzene rings is 4. The number of hydrogen-bond acceptors (Lipinski definition) is 5. The molecule has 2 amide bonds. The number of aromatic nitrogens is 1. The van der Waals surface area contributed by atoms with Gasteiger partial charge in [-0.1, -0.05) is 88.9 Å². The van der Waals surface area contributed by atoms with Crippen LogP contribution in [0.3, 0.4) is 0 Å². The van der Waals surface area contributed by atoms with Crippen LogP contribution in [0.25, 0.3) is 21.7 Å². The van der Waals surface area contributed by atoms with Gasteiger partial charge < -0.3 is 5.11 Å². The van der Waals surface area contributed by atoms with Gasteiger partial charge in [0.15, 0.2) is 5.78 Å². The zero-order chi connectivity index (χ0) is 28.0. The van der Waals surface area contributed by atoms with E-state index in [-0.39, 0.29) is 48.2 Å². The fourth-order valence-corrected chi connectivity index (χ4v) is 6.58. The molecule has 2 aliphatic rings. The third-order valence-corrected chi connectivity index (χ3v) is 9.28. The average molecular weight is 608 g/mol. The lowest BCUT2D eigenvalue weighted by atomic mass is 9.97. The fourth-order valence-electron chi connectivity index (χ4n) is 5.57. The van der Waals surface area contributed by atoms with Gasteiger partial charge in [0.05, 0.1) is 60.1 Å². The van der Waals surface area contributed by atoms with Gasteiger partial charge in [-0.15, -0.1) is 0 Å². The molecule has 2 heterocycles. The van der Waals surface area contributed by atoms with Gasteiger partial charge in [-0.3, -0.25) is 14.4 Å². The lowest BCUT2D eigenvalue weighted by Crippen LogP contribution is -2.30. The van der Waals surface area contributed by atoms with Crippen LogP contribution in [0.1, 0.15) is 54.4 Å². The summed E-state index contributed by atoms with van der Waals surface area (Å²) in [5.74, 6) is -2.70. The Hall–Kier alpha value is -3.52. The Balaban J connectivity index is 1.36. The lowest BCUT2D eigenvalue weighted by molar-refractivity contribution is 0.0865. The summed E-state index contributed by atoms with van der Waals surface area (Å²) in [6, 6.07) is 19.6. The van der Waals surface area contributed by atoms with Crippen LogP contribution in [-0.4, -0.2) is 27.7 Å². The number of para-hydroxylation sites is 1. The summed E-state index contributed by atoms with van der Waals surface area (Å²) in [4.78, 5) is 46.3. The molecule has 196 valence electrons. The van der Waals surface area contributed by atoms with Crippen LogP contribution in [0.15, 0.2) is 66.7 Å². The molecule has 0 fully saturated rings. The number of hydrogen-bond donors (Lipinski definition) is 1. The van der Waals surface area contributed by atoms with E-state index >= 15 is 0 Å². The molecule has 5 aromatic rings. The van der Waals surface area contributed by atoms with E-state index in [0.29, 0.717) is 22.2 Å². The Morgan fingerprint density at radius 1 is 0.700 bits per heavy atom. The second kappa shape index (κ2) is 8.99. The first kappa shape index (κ1) is 25.4. The van der Waals surface area contributed by atoms with Gasteiger partial charge in [0.1, 0.15) is 0 Å². The van der Waals surface area contributed by atoms with E-state index in [9.17, 15) is 19.5 Å². The zero-order valence-corrected chi connectivity index (χ0v) is 23.1. The van der Waals surface area contributed by atoms with Crippen LogP contribution < -0.4 is 4.90 Å². The number of imide groups is 1. The van der Waals surface area contributed by atoms with E-state index < -0.39 is 23.8 Å². The number of aliphatic hydroxyl groups is 1. The summed E-state index contributed by atoms with van der Waals surface area (Å²) in [5, 5.41) is 13.1. The summed E-state index contributed by atoms with van der Waals surface area (Å²) in [6.45, 7) is 0. The molecule has 40 heavy (non-hydrogen) atoms. The lowest BCUT2D eigenvalue weighted by Gasteiger charge is -2.18. The Bertz CT molecular complexity index is 1960. The summed E-state index contributed by atoms with van der Waals surface area (Å²) in [7, 11) is 0. The standard InChI is InChI=1S/C30H14Cl4N2O4/c31-22-20-21(23(32)25(34)24(22)33)30(40)36(29(20)39)18-7-3-6-12-8-9-17(35-26(12)18)19-27(37)15-10-13-4-1-2-5-14(13)11-16(15)28(19)38/h1-11,19,27,37H. The molecule has 6 nitrogen and oxygen atoms in total. The highest BCUT2D eigenvalue weighted by Gasteiger charge is 2.44. The number of halogens is 4. The van der Waals surface area contributed by atoms with Crippen molar-refractivity contribution in [3.8, 4) is 0 Å². The maximum absolute atomic E-state index is 13.5. The van der Waals surface area contributed by atoms with E-state index in [0.717, 1.165) is 15.7 Å². The highest BCUT2D eigenvalue weighted by Crippen LogP contribution is 2.47. The molecule has 4 aromatic carbocycles. The molecule has 7 rings (SSSR count). The van der Waals surface area contributed by atoms with Gasteiger partial charge in [0.25, 0.3) is 11.8 Å². The van der Waals surface area contributed by atoms with Gasteiger partial charge in [-0.2, -0.15) is 0 Å². The van der Waals surface area contributed by atoms with Crippen LogP contribution in [0, 0.1) is 0 Å². The first-order chi connectivity index (χ1) is 19.2. The number of rotatable bonds is 2. The van der Waals surface area contributed by atoms with Gasteiger partial charge >= 0.3 is 0 Å². The first-order valence-electron chi connectivity index (χ1n) is 12.1. The van der Waals surface area contributed by atoms with Crippen molar-refractivity contribution in [2.45, 2.75) is 12.0 Å². The predicted molar refractivity (Wildman–Crippen MR) is 155 cm³/mol. The molecule has 0 spiro atoms. The monoisotopic (exact) mass is 606 g/mol. The average Bonchev–Trinajstić information content (AvgIpc) is 3.36. The Kier molecular flexibility index (Phi) is 5.72. The number of ketones is 1. The number of anilines is 1. The molecule has 1 aliphatic heterocycles. The van der Waals surface area contributed by atoms with Gasteiger partial charge in [-0.25, -0.2) is 9.88 Å². The number of pyridine rings is 1. The van der Waals surface area contributed by atoms with Crippen LogP contribution in [0.4, 0.5) is 5.69 Å². The number of nitrogens with zero attached hydrogens (tertiary/aromatic N) is 2. The van der Waals surface area contributed by atoms with Crippen LogP contribution >= 0.6 is 46.4 Å². The molecule has 1 aromatic heterocycles. The number of amides is 2. The first-order valence-corrected chi connectivity index (χ1v) is 13.6.